The molecule has 0 amide bonds. The van der Waals surface area contributed by atoms with Gasteiger partial charge in [-0.25, -0.2) is 9.97 Å². The fourth-order valence-electron chi connectivity index (χ4n) is 3.01. The van der Waals surface area contributed by atoms with E-state index in [0.29, 0.717) is 16.5 Å². The van der Waals surface area contributed by atoms with Crippen LogP contribution in [0.2, 0.25) is 5.15 Å². The van der Waals surface area contributed by atoms with Gasteiger partial charge in [0.15, 0.2) is 0 Å². The molecule has 1 N–H and O–H groups in total. The Bertz CT molecular complexity index is 1110. The Morgan fingerprint density at radius 2 is 2.04 bits per heavy atom. The summed E-state index contributed by atoms with van der Waals surface area (Å²) in [6.45, 7) is 4.61. The van der Waals surface area contributed by atoms with E-state index in [2.05, 4.69) is 15.2 Å². The summed E-state index contributed by atoms with van der Waals surface area (Å²) in [4.78, 5) is 9.99. The number of aliphatic hydroxyl groups excluding tert-OH is 1. The van der Waals surface area contributed by atoms with Gasteiger partial charge in [0.2, 0.25) is 0 Å². The second-order valence-electron chi connectivity index (χ2n) is 5.93. The Kier molecular flexibility index (Phi) is 4.26. The highest BCUT2D eigenvalue weighted by Crippen LogP contribution is 2.37. The molecule has 0 saturated carbocycles. The van der Waals surface area contributed by atoms with Gasteiger partial charge in [0.1, 0.15) is 21.5 Å². The molecular weight excluding hydrogens is 372 g/mol. The van der Waals surface area contributed by atoms with Crippen LogP contribution in [0.5, 0.6) is 0 Å². The third-order valence-electron chi connectivity index (χ3n) is 4.20. The average molecular weight is 389 g/mol. The minimum absolute atomic E-state index is 0.123. The highest BCUT2D eigenvalue weighted by atomic mass is 35.5. The van der Waals surface area contributed by atoms with E-state index in [1.165, 1.54) is 11.3 Å². The van der Waals surface area contributed by atoms with Gasteiger partial charge in [-0.2, -0.15) is 10.2 Å². The van der Waals surface area contributed by atoms with Gasteiger partial charge >= 0.3 is 0 Å². The minimum atomic E-state index is -0.123. The largest absolute Gasteiger partial charge is 0.391 e. The zero-order valence-electron chi connectivity index (χ0n) is 14.6. The van der Waals surface area contributed by atoms with Crippen LogP contribution in [0.1, 0.15) is 17.5 Å². The number of nitrogens with zero attached hydrogens (tertiary/aromatic N) is 6. The van der Waals surface area contributed by atoms with Crippen molar-refractivity contribution in [1.82, 2.24) is 29.5 Å². The van der Waals surface area contributed by atoms with E-state index in [1.807, 2.05) is 31.6 Å². The highest BCUT2D eigenvalue weighted by Gasteiger charge is 2.21. The molecule has 0 radical (unpaired) electrons. The summed E-state index contributed by atoms with van der Waals surface area (Å²) in [7, 11) is 1.85. The van der Waals surface area contributed by atoms with E-state index >= 15 is 0 Å². The van der Waals surface area contributed by atoms with Gasteiger partial charge in [0, 0.05) is 25.0 Å². The van der Waals surface area contributed by atoms with Gasteiger partial charge in [0.05, 0.1) is 34.6 Å². The normalized spacial score (nSPS) is 11.6. The van der Waals surface area contributed by atoms with Crippen LogP contribution in [0.25, 0.3) is 33.0 Å². The first-order chi connectivity index (χ1) is 12.5. The summed E-state index contributed by atoms with van der Waals surface area (Å²) >= 11 is 7.66. The molecule has 4 aromatic heterocycles. The number of aliphatic hydroxyl groups is 1. The molecule has 9 heteroatoms. The second-order valence-corrected chi connectivity index (χ2v) is 7.40. The third kappa shape index (κ3) is 2.70. The van der Waals surface area contributed by atoms with Crippen molar-refractivity contribution in [3.05, 3.63) is 34.1 Å². The number of hydrogen-bond acceptors (Lipinski definition) is 6. The summed E-state index contributed by atoms with van der Waals surface area (Å²) in [5.74, 6) is 0. The van der Waals surface area contributed by atoms with Crippen LogP contribution in [0, 0.1) is 6.92 Å². The number of pyridine rings is 1. The van der Waals surface area contributed by atoms with Crippen LogP contribution in [0.15, 0.2) is 18.3 Å². The Hall–Kier alpha value is -2.29. The SMILES string of the molecule is CCn1nc(C)cc1-c1nc(-c2nc(Cl)cc3c2cnn3C)c(CO)s1. The van der Waals surface area contributed by atoms with E-state index in [-0.39, 0.29) is 6.61 Å². The van der Waals surface area contributed by atoms with E-state index in [9.17, 15) is 5.11 Å². The lowest BCUT2D eigenvalue weighted by atomic mass is 10.2. The molecule has 4 heterocycles. The number of fused-ring (bicyclic) bond motifs is 1. The molecule has 0 bridgehead atoms. The summed E-state index contributed by atoms with van der Waals surface area (Å²) in [5.41, 5.74) is 3.99. The van der Waals surface area contributed by atoms with Crippen LogP contribution >= 0.6 is 22.9 Å². The van der Waals surface area contributed by atoms with Crippen molar-refractivity contribution in [2.75, 3.05) is 0 Å². The zero-order chi connectivity index (χ0) is 18.4. The van der Waals surface area contributed by atoms with E-state index < -0.39 is 0 Å². The fourth-order valence-corrected chi connectivity index (χ4v) is 4.14. The molecule has 0 atom stereocenters. The Morgan fingerprint density at radius 1 is 1.23 bits per heavy atom. The Morgan fingerprint density at radius 3 is 2.77 bits per heavy atom. The molecule has 134 valence electrons. The molecule has 0 spiro atoms. The maximum absolute atomic E-state index is 9.88. The molecule has 0 aliphatic heterocycles. The molecule has 26 heavy (non-hydrogen) atoms. The Labute approximate surface area is 158 Å². The van der Waals surface area contributed by atoms with Gasteiger partial charge in [-0.1, -0.05) is 11.6 Å². The third-order valence-corrected chi connectivity index (χ3v) is 5.46. The van der Waals surface area contributed by atoms with Crippen LogP contribution in [-0.4, -0.2) is 34.6 Å². The Balaban J connectivity index is 1.95. The summed E-state index contributed by atoms with van der Waals surface area (Å²) in [5, 5.41) is 20.7. The minimum Gasteiger partial charge on any atom is -0.391 e. The molecule has 0 saturated heterocycles. The molecule has 0 fully saturated rings. The van der Waals surface area contributed by atoms with E-state index in [0.717, 1.165) is 38.7 Å². The number of thiazole rings is 1. The quantitative estimate of drug-likeness (QED) is 0.541. The smallest absolute Gasteiger partial charge is 0.142 e. The van der Waals surface area contributed by atoms with Crippen molar-refractivity contribution < 1.29 is 5.11 Å². The molecular formula is C17H17ClN6OS. The van der Waals surface area contributed by atoms with Crippen molar-refractivity contribution in [3.63, 3.8) is 0 Å². The first-order valence-corrected chi connectivity index (χ1v) is 9.35. The van der Waals surface area contributed by atoms with Crippen molar-refractivity contribution in [2.24, 2.45) is 7.05 Å². The predicted octanol–water partition coefficient (Wildman–Crippen LogP) is 3.43. The second kappa shape index (κ2) is 6.46. The summed E-state index contributed by atoms with van der Waals surface area (Å²) < 4.78 is 3.65. The molecule has 7 nitrogen and oxygen atoms in total. The van der Waals surface area contributed by atoms with Crippen molar-refractivity contribution in [1.29, 1.82) is 0 Å². The molecule has 0 aliphatic rings. The van der Waals surface area contributed by atoms with Gasteiger partial charge < -0.3 is 5.11 Å². The molecule has 0 aromatic carbocycles. The standard InChI is InChI=1S/C17H17ClN6OS/c1-4-24-12(5-9(2)22-24)17-21-16(13(8-25)26-17)15-10-7-19-23(3)11(10)6-14(18)20-15/h5-7,25H,4,8H2,1-3H3. The first kappa shape index (κ1) is 17.1. The molecule has 4 rings (SSSR count). The highest BCUT2D eigenvalue weighted by molar-refractivity contribution is 7.15. The average Bonchev–Trinajstić information content (AvgIpc) is 3.31. The van der Waals surface area contributed by atoms with Gasteiger partial charge in [-0.05, 0) is 19.9 Å². The molecule has 0 aliphatic carbocycles. The lowest BCUT2D eigenvalue weighted by Gasteiger charge is -2.03. The monoisotopic (exact) mass is 388 g/mol. The van der Waals surface area contributed by atoms with Gasteiger partial charge in [-0.15, -0.1) is 11.3 Å². The number of halogens is 1. The summed E-state index contributed by atoms with van der Waals surface area (Å²) in [6, 6.07) is 3.77. The van der Waals surface area contributed by atoms with Crippen LogP contribution < -0.4 is 0 Å². The maximum Gasteiger partial charge on any atom is 0.142 e. The predicted molar refractivity (Wildman–Crippen MR) is 102 cm³/mol. The first-order valence-electron chi connectivity index (χ1n) is 8.15. The summed E-state index contributed by atoms with van der Waals surface area (Å²) in [6.07, 6.45) is 1.74. The van der Waals surface area contributed by atoms with Crippen molar-refractivity contribution >= 4 is 33.8 Å². The van der Waals surface area contributed by atoms with Crippen molar-refractivity contribution in [2.45, 2.75) is 27.0 Å². The lowest BCUT2D eigenvalue weighted by Crippen LogP contribution is -1.99. The fraction of sp³-hybridized carbons (Fsp3) is 0.294. The van der Waals surface area contributed by atoms with Crippen molar-refractivity contribution in [3.8, 4) is 22.1 Å². The number of rotatable bonds is 4. The van der Waals surface area contributed by atoms with Gasteiger partial charge in [-0.3, -0.25) is 9.36 Å². The van der Waals surface area contributed by atoms with Crippen LogP contribution in [-0.2, 0) is 20.2 Å². The molecule has 4 aromatic rings. The number of aromatic nitrogens is 6. The van der Waals surface area contributed by atoms with Gasteiger partial charge in [0.25, 0.3) is 0 Å². The van der Waals surface area contributed by atoms with E-state index in [1.54, 1.807) is 16.9 Å². The maximum atomic E-state index is 9.88. The van der Waals surface area contributed by atoms with Crippen LogP contribution in [0.3, 0.4) is 0 Å². The zero-order valence-corrected chi connectivity index (χ0v) is 16.1. The topological polar surface area (TPSA) is 81.7 Å². The molecule has 0 unspecified atom stereocenters. The van der Waals surface area contributed by atoms with E-state index in [4.69, 9.17) is 16.6 Å². The lowest BCUT2D eigenvalue weighted by molar-refractivity contribution is 0.286. The number of hydrogen-bond donors (Lipinski definition) is 1. The number of aryl methyl sites for hydroxylation is 3. The van der Waals surface area contributed by atoms with Crippen LogP contribution in [0.4, 0.5) is 0 Å².